The van der Waals surface area contributed by atoms with Gasteiger partial charge in [-0.2, -0.15) is 0 Å². The molecule has 0 aliphatic carbocycles. The van der Waals surface area contributed by atoms with Gasteiger partial charge >= 0.3 is 0 Å². The molecule has 4 aliphatic rings. The number of nitrogens with one attached hydrogen (secondary N) is 4. The van der Waals surface area contributed by atoms with Gasteiger partial charge in [-0.25, -0.2) is 0 Å². The molecule has 0 aromatic rings. The maximum absolute atomic E-state index is 4.02. The van der Waals surface area contributed by atoms with Gasteiger partial charge in [-0.3, -0.25) is 0 Å². The molecular formula is C14H26N4. The molecule has 4 rings (SSSR count). The second kappa shape index (κ2) is 4.17. The summed E-state index contributed by atoms with van der Waals surface area (Å²) in [5, 5.41) is 14.7. The minimum Gasteiger partial charge on any atom is -0.317 e. The summed E-state index contributed by atoms with van der Waals surface area (Å²) in [6.45, 7) is 6.02. The van der Waals surface area contributed by atoms with Crippen LogP contribution in [0.15, 0.2) is 0 Å². The van der Waals surface area contributed by atoms with E-state index in [9.17, 15) is 0 Å². The molecule has 4 aliphatic heterocycles. The predicted molar refractivity (Wildman–Crippen MR) is 72.7 cm³/mol. The van der Waals surface area contributed by atoms with Gasteiger partial charge in [0.1, 0.15) is 0 Å². The Hall–Kier alpha value is -0.160. The SMILES string of the molecule is C1CC(C2CNC23CCNCC3)NC2(C1)CNC2. The van der Waals surface area contributed by atoms with Crippen LogP contribution in [-0.4, -0.2) is 49.8 Å². The fraction of sp³-hybridized carbons (Fsp3) is 1.00. The second-order valence-electron chi connectivity index (χ2n) is 6.92. The summed E-state index contributed by atoms with van der Waals surface area (Å²) in [6, 6.07) is 0.764. The quantitative estimate of drug-likeness (QED) is 0.521. The maximum atomic E-state index is 4.02. The van der Waals surface area contributed by atoms with Gasteiger partial charge < -0.3 is 21.3 Å². The highest BCUT2D eigenvalue weighted by Gasteiger charge is 2.52. The van der Waals surface area contributed by atoms with E-state index < -0.39 is 0 Å². The summed E-state index contributed by atoms with van der Waals surface area (Å²) in [5.41, 5.74) is 0.936. The lowest BCUT2D eigenvalue weighted by Crippen LogP contribution is -2.78. The number of hydrogen-bond acceptors (Lipinski definition) is 4. The first-order valence-electron chi connectivity index (χ1n) is 7.76. The first kappa shape index (κ1) is 11.6. The van der Waals surface area contributed by atoms with Crippen molar-refractivity contribution in [3.05, 3.63) is 0 Å². The van der Waals surface area contributed by atoms with Crippen molar-refractivity contribution in [1.82, 2.24) is 21.3 Å². The fourth-order valence-corrected chi connectivity index (χ4v) is 4.66. The summed E-state index contributed by atoms with van der Waals surface area (Å²) in [4.78, 5) is 0. The molecule has 4 N–H and O–H groups in total. The topological polar surface area (TPSA) is 48.1 Å². The lowest BCUT2D eigenvalue weighted by atomic mass is 9.64. The highest BCUT2D eigenvalue weighted by molar-refractivity contribution is 5.14. The summed E-state index contributed by atoms with van der Waals surface area (Å²) in [7, 11) is 0. The van der Waals surface area contributed by atoms with E-state index in [1.807, 2.05) is 0 Å². The minimum atomic E-state index is 0.465. The molecule has 102 valence electrons. The van der Waals surface area contributed by atoms with Crippen molar-refractivity contribution >= 4 is 0 Å². The standard InChI is InChI=1S/C14H26N4/c1-2-12(18-13(3-1)9-16-10-13)11-8-17-14(11)4-6-15-7-5-14/h11-12,15-18H,1-10H2. The van der Waals surface area contributed by atoms with Crippen LogP contribution in [0.3, 0.4) is 0 Å². The van der Waals surface area contributed by atoms with Crippen LogP contribution < -0.4 is 21.3 Å². The third-order valence-corrected chi connectivity index (χ3v) is 5.95. The van der Waals surface area contributed by atoms with E-state index in [0.717, 1.165) is 12.0 Å². The van der Waals surface area contributed by atoms with Crippen molar-refractivity contribution in [1.29, 1.82) is 0 Å². The van der Waals surface area contributed by atoms with Crippen LogP contribution in [0, 0.1) is 5.92 Å². The van der Waals surface area contributed by atoms with E-state index in [2.05, 4.69) is 21.3 Å². The molecule has 4 saturated heterocycles. The molecule has 18 heavy (non-hydrogen) atoms. The molecule has 4 fully saturated rings. The summed E-state index contributed by atoms with van der Waals surface area (Å²) in [6.07, 6.45) is 6.83. The fourth-order valence-electron chi connectivity index (χ4n) is 4.66. The van der Waals surface area contributed by atoms with Crippen LogP contribution in [0.1, 0.15) is 32.1 Å². The lowest BCUT2D eigenvalue weighted by Gasteiger charge is -2.60. The van der Waals surface area contributed by atoms with Crippen molar-refractivity contribution in [3.63, 3.8) is 0 Å². The molecule has 2 atom stereocenters. The zero-order valence-corrected chi connectivity index (χ0v) is 11.2. The van der Waals surface area contributed by atoms with Crippen molar-refractivity contribution in [3.8, 4) is 0 Å². The van der Waals surface area contributed by atoms with Gasteiger partial charge in [-0.1, -0.05) is 0 Å². The first-order chi connectivity index (χ1) is 8.82. The molecule has 2 unspecified atom stereocenters. The summed E-state index contributed by atoms with van der Waals surface area (Å²) < 4.78 is 0. The average molecular weight is 250 g/mol. The Balaban J connectivity index is 1.46. The molecule has 4 heteroatoms. The van der Waals surface area contributed by atoms with E-state index in [1.165, 1.54) is 64.8 Å². The largest absolute Gasteiger partial charge is 0.317 e. The number of rotatable bonds is 1. The van der Waals surface area contributed by atoms with Gasteiger partial charge in [0.15, 0.2) is 0 Å². The Morgan fingerprint density at radius 3 is 2.39 bits per heavy atom. The zero-order chi connectivity index (χ0) is 12.1. The van der Waals surface area contributed by atoms with Gasteiger partial charge in [0, 0.05) is 42.7 Å². The first-order valence-corrected chi connectivity index (χ1v) is 7.76. The Morgan fingerprint density at radius 1 is 0.944 bits per heavy atom. The average Bonchev–Trinajstić information content (AvgIpc) is 2.37. The molecule has 0 aromatic heterocycles. The van der Waals surface area contributed by atoms with Crippen molar-refractivity contribution in [2.75, 3.05) is 32.7 Å². The molecule has 4 nitrogen and oxygen atoms in total. The van der Waals surface area contributed by atoms with E-state index in [1.54, 1.807) is 0 Å². The predicted octanol–water partition coefficient (Wildman–Crippen LogP) is -0.188. The molecule has 0 saturated carbocycles. The normalized spacial score (nSPS) is 41.3. The van der Waals surface area contributed by atoms with Crippen LogP contribution in [0.2, 0.25) is 0 Å². The molecular weight excluding hydrogens is 224 g/mol. The third kappa shape index (κ3) is 1.66. The molecule has 4 heterocycles. The number of piperidine rings is 2. The highest BCUT2D eigenvalue weighted by atomic mass is 15.2. The van der Waals surface area contributed by atoms with Crippen molar-refractivity contribution < 1.29 is 0 Å². The van der Waals surface area contributed by atoms with E-state index in [0.29, 0.717) is 11.1 Å². The van der Waals surface area contributed by atoms with Crippen molar-refractivity contribution in [2.45, 2.75) is 49.2 Å². The van der Waals surface area contributed by atoms with E-state index >= 15 is 0 Å². The van der Waals surface area contributed by atoms with Gasteiger partial charge in [-0.15, -0.1) is 0 Å². The minimum absolute atomic E-state index is 0.465. The van der Waals surface area contributed by atoms with Crippen LogP contribution in [-0.2, 0) is 0 Å². The van der Waals surface area contributed by atoms with Crippen molar-refractivity contribution in [2.24, 2.45) is 5.92 Å². The second-order valence-corrected chi connectivity index (χ2v) is 6.92. The van der Waals surface area contributed by atoms with Gasteiger partial charge in [-0.05, 0) is 45.2 Å². The smallest absolute Gasteiger partial charge is 0.0434 e. The Kier molecular flexibility index (Phi) is 2.70. The van der Waals surface area contributed by atoms with E-state index in [-0.39, 0.29) is 0 Å². The summed E-state index contributed by atoms with van der Waals surface area (Å²) >= 11 is 0. The molecule has 0 amide bonds. The molecule has 0 radical (unpaired) electrons. The van der Waals surface area contributed by atoms with Crippen LogP contribution in [0.25, 0.3) is 0 Å². The van der Waals surface area contributed by atoms with Gasteiger partial charge in [0.05, 0.1) is 0 Å². The molecule has 0 bridgehead atoms. The molecule has 0 aromatic carbocycles. The Morgan fingerprint density at radius 2 is 1.78 bits per heavy atom. The van der Waals surface area contributed by atoms with Gasteiger partial charge in [0.2, 0.25) is 0 Å². The Bertz CT molecular complexity index is 320. The third-order valence-electron chi connectivity index (χ3n) is 5.95. The lowest BCUT2D eigenvalue weighted by molar-refractivity contribution is 0.00149. The zero-order valence-electron chi connectivity index (χ0n) is 11.2. The number of hydrogen-bond donors (Lipinski definition) is 4. The monoisotopic (exact) mass is 250 g/mol. The van der Waals surface area contributed by atoms with Crippen LogP contribution in [0.5, 0.6) is 0 Å². The molecule has 2 spiro atoms. The highest BCUT2D eigenvalue weighted by Crippen LogP contribution is 2.40. The van der Waals surface area contributed by atoms with Crippen LogP contribution >= 0.6 is 0 Å². The summed E-state index contributed by atoms with van der Waals surface area (Å²) in [5.74, 6) is 0.873. The maximum Gasteiger partial charge on any atom is 0.0434 e. The van der Waals surface area contributed by atoms with E-state index in [4.69, 9.17) is 0 Å². The van der Waals surface area contributed by atoms with Gasteiger partial charge in [0.25, 0.3) is 0 Å². The van der Waals surface area contributed by atoms with Crippen LogP contribution in [0.4, 0.5) is 0 Å². The Labute approximate surface area is 110 Å².